The molecule has 0 bridgehead atoms. The number of sulfonamides is 1. The van der Waals surface area contributed by atoms with Gasteiger partial charge in [-0.2, -0.15) is 0 Å². The summed E-state index contributed by atoms with van der Waals surface area (Å²) in [4.78, 5) is 14.1. The van der Waals surface area contributed by atoms with Gasteiger partial charge >= 0.3 is 6.03 Å². The van der Waals surface area contributed by atoms with Crippen molar-refractivity contribution in [3.63, 3.8) is 0 Å². The van der Waals surface area contributed by atoms with Crippen LogP contribution in [0.5, 0.6) is 0 Å². The highest BCUT2D eigenvalue weighted by molar-refractivity contribution is 7.88. The van der Waals surface area contributed by atoms with Crippen LogP contribution >= 0.6 is 0 Å². The third-order valence-corrected chi connectivity index (χ3v) is 4.50. The molecule has 0 aliphatic carbocycles. The molecule has 1 aromatic carbocycles. The highest BCUT2D eigenvalue weighted by Gasteiger charge is 2.24. The average molecular weight is 355 g/mol. The molecule has 134 valence electrons. The number of carbonyl (C=O) groups excluding carboxylic acids is 1. The normalized spacial score (nSPS) is 18.4. The third-order valence-electron chi connectivity index (χ3n) is 3.77. The third kappa shape index (κ3) is 6.10. The SMILES string of the molecule is CCCO[C@@H]1CCCN(C(=O)Nc2cccc(CS(N)(=O)=O)c2)C1. The number of carbonyl (C=O) groups is 1. The number of hydrogen-bond donors (Lipinski definition) is 2. The predicted molar refractivity (Wildman–Crippen MR) is 93.1 cm³/mol. The highest BCUT2D eigenvalue weighted by Crippen LogP contribution is 2.17. The lowest BCUT2D eigenvalue weighted by atomic mass is 10.1. The quantitative estimate of drug-likeness (QED) is 0.813. The summed E-state index contributed by atoms with van der Waals surface area (Å²) in [5.41, 5.74) is 1.09. The van der Waals surface area contributed by atoms with Crippen LogP contribution in [0.4, 0.5) is 10.5 Å². The fraction of sp³-hybridized carbons (Fsp3) is 0.562. The van der Waals surface area contributed by atoms with Crippen LogP contribution in [0.3, 0.4) is 0 Å². The molecular formula is C16H25N3O4S. The van der Waals surface area contributed by atoms with Crippen molar-refractivity contribution < 1.29 is 17.9 Å². The molecule has 1 aromatic rings. The van der Waals surface area contributed by atoms with Crippen molar-refractivity contribution in [1.29, 1.82) is 0 Å². The molecule has 3 N–H and O–H groups in total. The van der Waals surface area contributed by atoms with Gasteiger partial charge < -0.3 is 15.0 Å². The van der Waals surface area contributed by atoms with Gasteiger partial charge in [0.2, 0.25) is 10.0 Å². The molecule has 2 amide bonds. The summed E-state index contributed by atoms with van der Waals surface area (Å²) in [5, 5.41) is 7.86. The van der Waals surface area contributed by atoms with Gasteiger partial charge in [0.05, 0.1) is 11.9 Å². The first-order valence-corrected chi connectivity index (χ1v) is 9.86. The predicted octanol–water partition coefficient (Wildman–Crippen LogP) is 1.90. The Hall–Kier alpha value is -1.64. The smallest absolute Gasteiger partial charge is 0.321 e. The molecule has 1 aliphatic rings. The van der Waals surface area contributed by atoms with E-state index in [0.29, 0.717) is 30.9 Å². The van der Waals surface area contributed by atoms with Crippen LogP contribution in [0, 0.1) is 0 Å². The Balaban J connectivity index is 1.95. The van der Waals surface area contributed by atoms with Gasteiger partial charge in [-0.25, -0.2) is 18.4 Å². The minimum atomic E-state index is -3.60. The Morgan fingerprint density at radius 2 is 2.25 bits per heavy atom. The number of amides is 2. The number of ether oxygens (including phenoxy) is 1. The molecule has 0 radical (unpaired) electrons. The number of primary sulfonamides is 1. The molecule has 0 saturated carbocycles. The van der Waals surface area contributed by atoms with Gasteiger partial charge in [-0.1, -0.05) is 19.1 Å². The molecule has 8 heteroatoms. The zero-order valence-corrected chi connectivity index (χ0v) is 14.7. The van der Waals surface area contributed by atoms with E-state index >= 15 is 0 Å². The van der Waals surface area contributed by atoms with Crippen molar-refractivity contribution in [3.05, 3.63) is 29.8 Å². The fourth-order valence-electron chi connectivity index (χ4n) is 2.72. The Bertz CT molecular complexity index is 663. The van der Waals surface area contributed by atoms with Crippen LogP contribution in [0.2, 0.25) is 0 Å². The average Bonchev–Trinajstić information content (AvgIpc) is 2.52. The van der Waals surface area contributed by atoms with E-state index in [-0.39, 0.29) is 17.9 Å². The lowest BCUT2D eigenvalue weighted by Crippen LogP contribution is -2.45. The highest BCUT2D eigenvalue weighted by atomic mass is 32.2. The summed E-state index contributed by atoms with van der Waals surface area (Å²) in [7, 11) is -3.60. The van der Waals surface area contributed by atoms with Crippen molar-refractivity contribution in [2.45, 2.75) is 38.0 Å². The van der Waals surface area contributed by atoms with E-state index in [4.69, 9.17) is 9.88 Å². The van der Waals surface area contributed by atoms with Crippen LogP contribution in [0.25, 0.3) is 0 Å². The van der Waals surface area contributed by atoms with Crippen molar-refractivity contribution >= 4 is 21.7 Å². The maximum absolute atomic E-state index is 12.4. The second-order valence-corrected chi connectivity index (χ2v) is 7.63. The van der Waals surface area contributed by atoms with E-state index in [1.165, 1.54) is 0 Å². The Morgan fingerprint density at radius 3 is 2.96 bits per heavy atom. The number of anilines is 1. The molecule has 7 nitrogen and oxygen atoms in total. The lowest BCUT2D eigenvalue weighted by Gasteiger charge is -2.32. The molecule has 0 spiro atoms. The molecule has 0 unspecified atom stereocenters. The van der Waals surface area contributed by atoms with Crippen LogP contribution in [0.1, 0.15) is 31.7 Å². The molecule has 2 rings (SSSR count). The molecule has 1 saturated heterocycles. The van der Waals surface area contributed by atoms with E-state index in [1.54, 1.807) is 29.2 Å². The lowest BCUT2D eigenvalue weighted by molar-refractivity contribution is 0.0115. The fourth-order valence-corrected chi connectivity index (χ4v) is 3.36. The summed E-state index contributed by atoms with van der Waals surface area (Å²) < 4.78 is 28.1. The number of benzene rings is 1. The molecule has 0 aromatic heterocycles. The number of likely N-dealkylation sites (tertiary alicyclic amines) is 1. The van der Waals surface area contributed by atoms with Crippen molar-refractivity contribution in [3.8, 4) is 0 Å². The zero-order chi connectivity index (χ0) is 17.6. The maximum atomic E-state index is 12.4. The number of hydrogen-bond acceptors (Lipinski definition) is 4. The topological polar surface area (TPSA) is 102 Å². The van der Waals surface area contributed by atoms with Gasteiger partial charge in [-0.15, -0.1) is 0 Å². The first kappa shape index (κ1) is 18.7. The van der Waals surface area contributed by atoms with Crippen LogP contribution in [0.15, 0.2) is 24.3 Å². The van der Waals surface area contributed by atoms with Gasteiger partial charge in [0.1, 0.15) is 0 Å². The Morgan fingerprint density at radius 1 is 1.46 bits per heavy atom. The standard InChI is InChI=1S/C16H25N3O4S/c1-2-9-23-15-7-4-8-19(11-15)16(20)18-14-6-3-5-13(10-14)12-24(17,21)22/h3,5-6,10,15H,2,4,7-9,11-12H2,1H3,(H,18,20)(H2,17,21,22)/t15-/m1/s1. The van der Waals surface area contributed by atoms with Crippen LogP contribution < -0.4 is 10.5 Å². The first-order chi connectivity index (χ1) is 11.4. The Kier molecular flexibility index (Phi) is 6.59. The van der Waals surface area contributed by atoms with E-state index in [0.717, 1.165) is 19.3 Å². The van der Waals surface area contributed by atoms with E-state index in [9.17, 15) is 13.2 Å². The van der Waals surface area contributed by atoms with Crippen LogP contribution in [-0.4, -0.2) is 45.1 Å². The van der Waals surface area contributed by atoms with Gasteiger partial charge in [0.15, 0.2) is 0 Å². The molecule has 24 heavy (non-hydrogen) atoms. The molecule has 1 aliphatic heterocycles. The zero-order valence-electron chi connectivity index (χ0n) is 13.9. The van der Waals surface area contributed by atoms with Gasteiger partial charge in [-0.3, -0.25) is 0 Å². The van der Waals surface area contributed by atoms with Crippen molar-refractivity contribution in [2.24, 2.45) is 5.14 Å². The number of nitrogens with one attached hydrogen (secondary N) is 1. The number of nitrogens with zero attached hydrogens (tertiary/aromatic N) is 1. The summed E-state index contributed by atoms with van der Waals surface area (Å²) in [6, 6.07) is 6.50. The summed E-state index contributed by atoms with van der Waals surface area (Å²) in [5.74, 6) is -0.257. The van der Waals surface area contributed by atoms with Gasteiger partial charge in [0.25, 0.3) is 0 Å². The van der Waals surface area contributed by atoms with Crippen LogP contribution in [-0.2, 0) is 20.5 Å². The molecule has 1 atom stereocenters. The van der Waals surface area contributed by atoms with Crippen molar-refractivity contribution in [2.75, 3.05) is 25.0 Å². The van der Waals surface area contributed by atoms with Gasteiger partial charge in [0, 0.05) is 25.4 Å². The molecule has 1 fully saturated rings. The number of rotatable bonds is 6. The largest absolute Gasteiger partial charge is 0.376 e. The molecule has 1 heterocycles. The first-order valence-electron chi connectivity index (χ1n) is 8.14. The van der Waals surface area contributed by atoms with E-state index in [2.05, 4.69) is 12.2 Å². The molecular weight excluding hydrogens is 330 g/mol. The summed E-state index contributed by atoms with van der Waals surface area (Å²) in [6.45, 7) is 4.02. The second-order valence-electron chi connectivity index (χ2n) is 6.02. The number of nitrogens with two attached hydrogens (primary N) is 1. The minimum absolute atomic E-state index is 0.0816. The summed E-state index contributed by atoms with van der Waals surface area (Å²) in [6.07, 6.45) is 2.92. The van der Waals surface area contributed by atoms with E-state index < -0.39 is 10.0 Å². The van der Waals surface area contributed by atoms with Gasteiger partial charge in [-0.05, 0) is 37.0 Å². The van der Waals surface area contributed by atoms with E-state index in [1.807, 2.05) is 0 Å². The minimum Gasteiger partial charge on any atom is -0.376 e. The monoisotopic (exact) mass is 355 g/mol. The number of urea groups is 1. The van der Waals surface area contributed by atoms with Crippen molar-refractivity contribution in [1.82, 2.24) is 4.90 Å². The summed E-state index contributed by atoms with van der Waals surface area (Å²) >= 11 is 0. The number of piperidine rings is 1. The Labute approximate surface area is 143 Å². The second kappa shape index (κ2) is 8.46. The maximum Gasteiger partial charge on any atom is 0.321 e.